The molecule has 0 spiro atoms. The highest BCUT2D eigenvalue weighted by Crippen LogP contribution is 2.24. The van der Waals surface area contributed by atoms with Gasteiger partial charge in [0.15, 0.2) is 0 Å². The molecule has 3 rings (SSSR count). The maximum atomic E-state index is 3.58. The van der Waals surface area contributed by atoms with Gasteiger partial charge in [-0.1, -0.05) is 43.3 Å². The highest BCUT2D eigenvalue weighted by Gasteiger charge is 2.12. The van der Waals surface area contributed by atoms with Crippen molar-refractivity contribution in [3.8, 4) is 0 Å². The van der Waals surface area contributed by atoms with Crippen LogP contribution < -0.4 is 10.2 Å². The van der Waals surface area contributed by atoms with E-state index in [2.05, 4.69) is 71.7 Å². The van der Waals surface area contributed by atoms with Crippen LogP contribution in [0.5, 0.6) is 0 Å². The molecule has 1 N–H and O–H groups in total. The Morgan fingerprint density at radius 1 is 1.00 bits per heavy atom. The fourth-order valence-corrected chi connectivity index (χ4v) is 2.96. The van der Waals surface area contributed by atoms with E-state index in [4.69, 9.17) is 0 Å². The summed E-state index contributed by atoms with van der Waals surface area (Å²) < 4.78 is 0. The Balaban J connectivity index is 1.61. The molecule has 1 unspecified atom stereocenters. The molecule has 2 aromatic rings. The largest absolute Gasteiger partial charge is 0.384 e. The minimum Gasteiger partial charge on any atom is -0.384 e. The lowest BCUT2D eigenvalue weighted by molar-refractivity contribution is 0.805. The third-order valence-corrected chi connectivity index (χ3v) is 4.30. The van der Waals surface area contributed by atoms with Crippen LogP contribution >= 0.6 is 0 Å². The van der Waals surface area contributed by atoms with E-state index in [1.54, 1.807) is 0 Å². The van der Waals surface area contributed by atoms with Gasteiger partial charge in [-0.2, -0.15) is 0 Å². The van der Waals surface area contributed by atoms with Crippen molar-refractivity contribution in [2.45, 2.75) is 25.7 Å². The molecule has 0 saturated carbocycles. The first-order valence-corrected chi connectivity index (χ1v) is 7.97. The summed E-state index contributed by atoms with van der Waals surface area (Å²) in [5, 5.41) is 3.58. The van der Waals surface area contributed by atoms with Crippen LogP contribution in [0.1, 0.15) is 31.2 Å². The monoisotopic (exact) mass is 280 g/mol. The van der Waals surface area contributed by atoms with Crippen molar-refractivity contribution in [3.63, 3.8) is 0 Å². The van der Waals surface area contributed by atoms with Gasteiger partial charge in [0.2, 0.25) is 0 Å². The van der Waals surface area contributed by atoms with Crippen LogP contribution in [0.3, 0.4) is 0 Å². The zero-order chi connectivity index (χ0) is 14.5. The zero-order valence-corrected chi connectivity index (χ0v) is 12.8. The lowest BCUT2D eigenvalue weighted by atomic mass is 10.0. The van der Waals surface area contributed by atoms with Gasteiger partial charge in [-0.05, 0) is 42.5 Å². The first kappa shape index (κ1) is 14.0. The van der Waals surface area contributed by atoms with Crippen molar-refractivity contribution in [2.75, 3.05) is 29.9 Å². The highest BCUT2D eigenvalue weighted by molar-refractivity contribution is 5.58. The summed E-state index contributed by atoms with van der Waals surface area (Å²) in [5.74, 6) is 0.515. The molecule has 0 amide bonds. The van der Waals surface area contributed by atoms with Crippen LogP contribution in [0.2, 0.25) is 0 Å². The van der Waals surface area contributed by atoms with Gasteiger partial charge in [0, 0.05) is 31.0 Å². The second-order valence-corrected chi connectivity index (χ2v) is 5.94. The number of hydrogen-bond acceptors (Lipinski definition) is 2. The van der Waals surface area contributed by atoms with E-state index >= 15 is 0 Å². The molecule has 2 heteroatoms. The van der Waals surface area contributed by atoms with Crippen LogP contribution in [0.4, 0.5) is 11.4 Å². The summed E-state index contributed by atoms with van der Waals surface area (Å²) in [6.45, 7) is 5.63. The standard InChI is InChI=1S/C19H24N2/c1-16(17-8-3-2-4-9-17)15-20-18-10-7-11-19(14-18)21-12-5-6-13-21/h2-4,7-11,14,16,20H,5-6,12-13,15H2,1H3. The molecule has 1 aliphatic rings. The Hall–Kier alpha value is -1.96. The van der Waals surface area contributed by atoms with E-state index < -0.39 is 0 Å². The lowest BCUT2D eigenvalue weighted by Crippen LogP contribution is -2.17. The van der Waals surface area contributed by atoms with Gasteiger partial charge in [-0.25, -0.2) is 0 Å². The quantitative estimate of drug-likeness (QED) is 0.867. The Bertz CT molecular complexity index is 559. The molecular weight excluding hydrogens is 256 g/mol. The van der Waals surface area contributed by atoms with E-state index in [1.165, 1.54) is 42.9 Å². The Morgan fingerprint density at radius 3 is 2.52 bits per heavy atom. The normalized spacial score (nSPS) is 16.0. The van der Waals surface area contributed by atoms with E-state index in [-0.39, 0.29) is 0 Å². The minimum atomic E-state index is 0.515. The number of nitrogens with one attached hydrogen (secondary N) is 1. The summed E-state index contributed by atoms with van der Waals surface area (Å²) in [7, 11) is 0. The van der Waals surface area contributed by atoms with E-state index in [0.29, 0.717) is 5.92 Å². The van der Waals surface area contributed by atoms with Crippen molar-refractivity contribution in [2.24, 2.45) is 0 Å². The molecule has 1 heterocycles. The third-order valence-electron chi connectivity index (χ3n) is 4.30. The average Bonchev–Trinajstić information content (AvgIpc) is 3.08. The van der Waals surface area contributed by atoms with Crippen LogP contribution in [-0.2, 0) is 0 Å². The van der Waals surface area contributed by atoms with Gasteiger partial charge in [-0.15, -0.1) is 0 Å². The highest BCUT2D eigenvalue weighted by atomic mass is 15.1. The summed E-state index contributed by atoms with van der Waals surface area (Å²) in [4.78, 5) is 2.48. The Morgan fingerprint density at radius 2 is 1.76 bits per heavy atom. The molecule has 0 aromatic heterocycles. The van der Waals surface area contributed by atoms with Crippen molar-refractivity contribution < 1.29 is 0 Å². The fourth-order valence-electron chi connectivity index (χ4n) is 2.96. The van der Waals surface area contributed by atoms with Crippen LogP contribution in [-0.4, -0.2) is 19.6 Å². The summed E-state index contributed by atoms with van der Waals surface area (Å²) in [6.07, 6.45) is 2.64. The smallest absolute Gasteiger partial charge is 0.0386 e. The maximum absolute atomic E-state index is 3.58. The van der Waals surface area contributed by atoms with Crippen molar-refractivity contribution in [3.05, 3.63) is 60.2 Å². The van der Waals surface area contributed by atoms with Crippen molar-refractivity contribution >= 4 is 11.4 Å². The molecule has 1 atom stereocenters. The number of anilines is 2. The van der Waals surface area contributed by atoms with Gasteiger partial charge >= 0.3 is 0 Å². The van der Waals surface area contributed by atoms with Gasteiger partial charge < -0.3 is 10.2 Å². The van der Waals surface area contributed by atoms with E-state index in [9.17, 15) is 0 Å². The van der Waals surface area contributed by atoms with E-state index in [1.807, 2.05) is 0 Å². The summed E-state index contributed by atoms with van der Waals surface area (Å²) in [5.41, 5.74) is 3.97. The van der Waals surface area contributed by atoms with E-state index in [0.717, 1.165) is 6.54 Å². The van der Waals surface area contributed by atoms with Crippen LogP contribution in [0, 0.1) is 0 Å². The van der Waals surface area contributed by atoms with Gasteiger partial charge in [0.25, 0.3) is 0 Å². The molecule has 1 aliphatic heterocycles. The summed E-state index contributed by atoms with van der Waals surface area (Å²) in [6, 6.07) is 19.5. The molecule has 1 fully saturated rings. The Kier molecular flexibility index (Phi) is 4.44. The fraction of sp³-hybridized carbons (Fsp3) is 0.368. The molecular formula is C19H24N2. The second kappa shape index (κ2) is 6.66. The molecule has 110 valence electrons. The zero-order valence-electron chi connectivity index (χ0n) is 12.8. The minimum absolute atomic E-state index is 0.515. The SMILES string of the molecule is CC(CNc1cccc(N2CCCC2)c1)c1ccccc1. The predicted octanol–water partition coefficient (Wildman–Crippen LogP) is 4.50. The molecule has 2 nitrogen and oxygen atoms in total. The molecule has 21 heavy (non-hydrogen) atoms. The van der Waals surface area contributed by atoms with Gasteiger partial charge in [0.1, 0.15) is 0 Å². The lowest BCUT2D eigenvalue weighted by Gasteiger charge is -2.19. The molecule has 0 radical (unpaired) electrons. The van der Waals surface area contributed by atoms with Crippen molar-refractivity contribution in [1.29, 1.82) is 0 Å². The van der Waals surface area contributed by atoms with Gasteiger partial charge in [0.05, 0.1) is 0 Å². The number of nitrogens with zero attached hydrogens (tertiary/aromatic N) is 1. The average molecular weight is 280 g/mol. The molecule has 2 aromatic carbocycles. The number of rotatable bonds is 5. The maximum Gasteiger partial charge on any atom is 0.0386 e. The van der Waals surface area contributed by atoms with Crippen LogP contribution in [0.15, 0.2) is 54.6 Å². The summed E-state index contributed by atoms with van der Waals surface area (Å²) >= 11 is 0. The van der Waals surface area contributed by atoms with Gasteiger partial charge in [-0.3, -0.25) is 0 Å². The third kappa shape index (κ3) is 3.57. The molecule has 0 aliphatic carbocycles. The molecule has 1 saturated heterocycles. The van der Waals surface area contributed by atoms with Crippen LogP contribution in [0.25, 0.3) is 0 Å². The number of benzene rings is 2. The molecule has 0 bridgehead atoms. The first-order valence-electron chi connectivity index (χ1n) is 7.97. The predicted molar refractivity (Wildman–Crippen MR) is 91.2 cm³/mol. The topological polar surface area (TPSA) is 15.3 Å². The second-order valence-electron chi connectivity index (χ2n) is 5.94. The first-order chi connectivity index (χ1) is 10.3. The van der Waals surface area contributed by atoms with Crippen molar-refractivity contribution in [1.82, 2.24) is 0 Å². The Labute approximate surface area is 127 Å². The number of hydrogen-bond donors (Lipinski definition) is 1.